The second kappa shape index (κ2) is 10.6. The fourth-order valence-electron chi connectivity index (χ4n) is 2.93. The smallest absolute Gasteiger partial charge is 0.260 e. The van der Waals surface area contributed by atoms with Crippen LogP contribution in [0.2, 0.25) is 0 Å². The van der Waals surface area contributed by atoms with Gasteiger partial charge in [-0.1, -0.05) is 30.8 Å². The van der Waals surface area contributed by atoms with Crippen molar-refractivity contribution in [1.82, 2.24) is 5.32 Å². The largest absolute Gasteiger partial charge is 0.493 e. The molecule has 0 spiro atoms. The highest BCUT2D eigenvalue weighted by atomic mass is 16.6. The van der Waals surface area contributed by atoms with Gasteiger partial charge in [0.15, 0.2) is 18.1 Å². The molecule has 0 atom stereocenters. The molecule has 138 valence electrons. The van der Waals surface area contributed by atoms with E-state index >= 15 is 0 Å². The monoisotopic (exact) mass is 348 g/mol. The lowest BCUT2D eigenvalue weighted by Crippen LogP contribution is -2.36. The zero-order valence-corrected chi connectivity index (χ0v) is 15.1. The fraction of sp³-hybridized carbons (Fsp3) is 0.579. The molecule has 25 heavy (non-hydrogen) atoms. The molecule has 0 bridgehead atoms. The molecule has 1 aromatic rings. The van der Waals surface area contributed by atoms with Crippen LogP contribution in [0.4, 0.5) is 0 Å². The van der Waals surface area contributed by atoms with Gasteiger partial charge in [-0.2, -0.15) is 0 Å². The van der Waals surface area contributed by atoms with Crippen molar-refractivity contribution >= 4 is 12.1 Å². The zero-order valence-electron chi connectivity index (χ0n) is 15.1. The van der Waals surface area contributed by atoms with Crippen molar-refractivity contribution in [3.63, 3.8) is 0 Å². The van der Waals surface area contributed by atoms with Crippen molar-refractivity contribution in [1.29, 1.82) is 0 Å². The summed E-state index contributed by atoms with van der Waals surface area (Å²) in [5, 5.41) is 6.88. The number of nitrogens with one attached hydrogen (secondary N) is 1. The predicted molar refractivity (Wildman–Crippen MR) is 97.3 cm³/mol. The Morgan fingerprint density at radius 2 is 2.00 bits per heavy atom. The molecule has 2 rings (SSSR count). The Labute approximate surface area is 149 Å². The molecule has 1 aliphatic carbocycles. The van der Waals surface area contributed by atoms with Crippen LogP contribution in [-0.2, 0) is 9.63 Å². The second-order valence-corrected chi connectivity index (χ2v) is 6.11. The van der Waals surface area contributed by atoms with E-state index in [0.717, 1.165) is 18.4 Å². The van der Waals surface area contributed by atoms with Crippen molar-refractivity contribution < 1.29 is 19.1 Å². The lowest BCUT2D eigenvalue weighted by atomic mass is 10.1. The summed E-state index contributed by atoms with van der Waals surface area (Å²) in [7, 11) is 1.59. The normalized spacial score (nSPS) is 15.6. The molecule has 1 amide bonds. The van der Waals surface area contributed by atoms with Crippen LogP contribution in [-0.4, -0.2) is 38.5 Å². The third-order valence-corrected chi connectivity index (χ3v) is 4.18. The van der Waals surface area contributed by atoms with Gasteiger partial charge >= 0.3 is 0 Å². The van der Waals surface area contributed by atoms with Gasteiger partial charge in [-0.15, -0.1) is 0 Å². The van der Waals surface area contributed by atoms with Gasteiger partial charge < -0.3 is 19.6 Å². The number of hydrogen-bond acceptors (Lipinski definition) is 5. The van der Waals surface area contributed by atoms with E-state index in [1.807, 2.05) is 25.1 Å². The maximum atomic E-state index is 11.9. The molecule has 0 saturated heterocycles. The zero-order chi connectivity index (χ0) is 17.9. The van der Waals surface area contributed by atoms with Gasteiger partial charge in [0.1, 0.15) is 0 Å². The van der Waals surface area contributed by atoms with Crippen molar-refractivity contribution in [2.45, 2.75) is 51.5 Å². The van der Waals surface area contributed by atoms with Gasteiger partial charge in [-0.3, -0.25) is 4.79 Å². The number of amides is 1. The molecule has 1 saturated carbocycles. The first kappa shape index (κ1) is 19.1. The summed E-state index contributed by atoms with van der Waals surface area (Å²) in [6.45, 7) is 2.42. The number of methoxy groups -OCH3 is 1. The molecule has 1 aromatic carbocycles. The van der Waals surface area contributed by atoms with Crippen LogP contribution in [0.15, 0.2) is 23.4 Å². The van der Waals surface area contributed by atoms with E-state index in [-0.39, 0.29) is 18.6 Å². The predicted octanol–water partition coefficient (Wildman–Crippen LogP) is 3.28. The van der Waals surface area contributed by atoms with Crippen LogP contribution < -0.4 is 14.8 Å². The maximum absolute atomic E-state index is 11.9. The van der Waals surface area contributed by atoms with Gasteiger partial charge in [-0.25, -0.2) is 0 Å². The number of carbonyl (C=O) groups excluding carboxylic acids is 1. The maximum Gasteiger partial charge on any atom is 0.260 e. The first-order valence-corrected chi connectivity index (χ1v) is 8.98. The highest BCUT2D eigenvalue weighted by molar-refractivity contribution is 5.81. The first-order chi connectivity index (χ1) is 12.2. The molecular formula is C19H28N2O4. The molecule has 0 unspecified atom stereocenters. The van der Waals surface area contributed by atoms with E-state index in [9.17, 15) is 4.79 Å². The Kier molecular flexibility index (Phi) is 8.09. The van der Waals surface area contributed by atoms with E-state index in [0.29, 0.717) is 18.1 Å². The van der Waals surface area contributed by atoms with Gasteiger partial charge in [0.2, 0.25) is 0 Å². The Hall–Kier alpha value is -2.24. The highest BCUT2D eigenvalue weighted by Gasteiger charge is 2.14. The third kappa shape index (κ3) is 6.64. The third-order valence-electron chi connectivity index (χ3n) is 4.18. The molecule has 6 heteroatoms. The first-order valence-electron chi connectivity index (χ1n) is 8.98. The average Bonchev–Trinajstić information content (AvgIpc) is 2.88. The number of rotatable bonds is 8. The summed E-state index contributed by atoms with van der Waals surface area (Å²) in [5.74, 6) is 1.20. The van der Waals surface area contributed by atoms with Crippen molar-refractivity contribution in [2.24, 2.45) is 5.16 Å². The van der Waals surface area contributed by atoms with Gasteiger partial charge in [-0.05, 0) is 38.0 Å². The van der Waals surface area contributed by atoms with Gasteiger partial charge in [0.25, 0.3) is 5.91 Å². The average molecular weight is 348 g/mol. The summed E-state index contributed by atoms with van der Waals surface area (Å²) < 4.78 is 10.8. The number of nitrogens with zero attached hydrogens (tertiary/aromatic N) is 1. The molecule has 0 aliphatic heterocycles. The summed E-state index contributed by atoms with van der Waals surface area (Å²) in [4.78, 5) is 17.0. The quantitative estimate of drug-likeness (QED) is 0.445. The molecule has 6 nitrogen and oxygen atoms in total. The Morgan fingerprint density at radius 1 is 1.24 bits per heavy atom. The molecule has 1 N–H and O–H groups in total. The molecule has 1 fully saturated rings. The minimum absolute atomic E-state index is 0.0683. The van der Waals surface area contributed by atoms with Crippen LogP contribution in [0.25, 0.3) is 0 Å². The van der Waals surface area contributed by atoms with Crippen LogP contribution in [0.3, 0.4) is 0 Å². The minimum Gasteiger partial charge on any atom is -0.493 e. The Morgan fingerprint density at radius 3 is 2.68 bits per heavy atom. The van der Waals surface area contributed by atoms with E-state index in [2.05, 4.69) is 10.5 Å². The highest BCUT2D eigenvalue weighted by Crippen LogP contribution is 2.27. The Balaban J connectivity index is 1.77. The lowest BCUT2D eigenvalue weighted by Gasteiger charge is -2.15. The number of hydrogen-bond donors (Lipinski definition) is 1. The van der Waals surface area contributed by atoms with Gasteiger partial charge in [0, 0.05) is 11.6 Å². The molecular weight excluding hydrogens is 320 g/mol. The topological polar surface area (TPSA) is 69.2 Å². The van der Waals surface area contributed by atoms with E-state index in [1.54, 1.807) is 13.3 Å². The number of benzene rings is 1. The van der Waals surface area contributed by atoms with Crippen molar-refractivity contribution in [2.75, 3.05) is 20.3 Å². The molecule has 1 aliphatic rings. The summed E-state index contributed by atoms with van der Waals surface area (Å²) in [5.41, 5.74) is 0.810. The SMILES string of the molecule is CCOc1ccc(/C=N/OCC(=O)NC2CCCCCC2)cc1OC. The van der Waals surface area contributed by atoms with Crippen molar-refractivity contribution in [3.8, 4) is 11.5 Å². The Bertz CT molecular complexity index is 567. The van der Waals surface area contributed by atoms with Crippen LogP contribution in [0, 0.1) is 0 Å². The van der Waals surface area contributed by atoms with Crippen LogP contribution >= 0.6 is 0 Å². The summed E-state index contributed by atoms with van der Waals surface area (Å²) in [6.07, 6.45) is 8.56. The van der Waals surface area contributed by atoms with Crippen LogP contribution in [0.5, 0.6) is 11.5 Å². The lowest BCUT2D eigenvalue weighted by molar-refractivity contribution is -0.126. The fourth-order valence-corrected chi connectivity index (χ4v) is 2.93. The second-order valence-electron chi connectivity index (χ2n) is 6.11. The molecule has 0 heterocycles. The summed E-state index contributed by atoms with van der Waals surface area (Å²) in [6, 6.07) is 5.76. The van der Waals surface area contributed by atoms with Crippen LogP contribution in [0.1, 0.15) is 51.0 Å². The van der Waals surface area contributed by atoms with Crippen molar-refractivity contribution in [3.05, 3.63) is 23.8 Å². The standard InChI is InChI=1S/C19H28N2O4/c1-3-24-17-11-10-15(12-18(17)23-2)13-20-25-14-19(22)21-16-8-6-4-5-7-9-16/h10-13,16H,3-9,14H2,1-2H3,(H,21,22)/b20-13+. The number of ether oxygens (including phenoxy) is 2. The van der Waals surface area contributed by atoms with E-state index < -0.39 is 0 Å². The van der Waals surface area contributed by atoms with E-state index in [4.69, 9.17) is 14.3 Å². The molecule has 0 aromatic heterocycles. The molecule has 0 radical (unpaired) electrons. The minimum atomic E-state index is -0.117. The van der Waals surface area contributed by atoms with E-state index in [1.165, 1.54) is 25.7 Å². The van der Waals surface area contributed by atoms with Gasteiger partial charge in [0.05, 0.1) is 19.9 Å². The summed E-state index contributed by atoms with van der Waals surface area (Å²) >= 11 is 0. The number of oxime groups is 1. The number of carbonyl (C=O) groups is 1.